The van der Waals surface area contributed by atoms with Crippen LogP contribution in [-0.2, 0) is 4.79 Å². The molecule has 1 amide bonds. The summed E-state index contributed by atoms with van der Waals surface area (Å²) < 4.78 is 0. The first-order chi connectivity index (χ1) is 9.39. The second-order valence-electron chi connectivity index (χ2n) is 6.64. The SMILES string of the molecule is CCN(CC1CCCCN1)C(C)C(=O)NC(C)(C)CC. The van der Waals surface area contributed by atoms with Crippen LogP contribution < -0.4 is 10.6 Å². The van der Waals surface area contributed by atoms with Crippen molar-refractivity contribution < 1.29 is 4.79 Å². The Morgan fingerprint density at radius 1 is 1.40 bits per heavy atom. The normalized spacial score (nSPS) is 21.8. The van der Waals surface area contributed by atoms with Gasteiger partial charge < -0.3 is 10.6 Å². The molecule has 0 radical (unpaired) electrons. The smallest absolute Gasteiger partial charge is 0.237 e. The molecule has 1 rings (SSSR count). The zero-order valence-corrected chi connectivity index (χ0v) is 14.0. The van der Waals surface area contributed by atoms with Crippen LogP contribution in [0.25, 0.3) is 0 Å². The van der Waals surface area contributed by atoms with Crippen LogP contribution in [0.4, 0.5) is 0 Å². The van der Waals surface area contributed by atoms with Gasteiger partial charge in [0.15, 0.2) is 0 Å². The van der Waals surface area contributed by atoms with Gasteiger partial charge in [-0.2, -0.15) is 0 Å². The molecule has 1 aliphatic rings. The van der Waals surface area contributed by atoms with Crippen LogP contribution in [0.1, 0.15) is 60.3 Å². The molecular formula is C16H33N3O. The minimum Gasteiger partial charge on any atom is -0.350 e. The molecule has 1 aliphatic heterocycles. The van der Waals surface area contributed by atoms with E-state index in [1.807, 2.05) is 6.92 Å². The average Bonchev–Trinajstić information content (AvgIpc) is 2.44. The number of nitrogens with zero attached hydrogens (tertiary/aromatic N) is 1. The van der Waals surface area contributed by atoms with Gasteiger partial charge in [-0.05, 0) is 53.1 Å². The number of carbonyl (C=O) groups excluding carboxylic acids is 1. The van der Waals surface area contributed by atoms with E-state index in [0.29, 0.717) is 6.04 Å². The maximum atomic E-state index is 12.4. The van der Waals surface area contributed by atoms with E-state index in [4.69, 9.17) is 0 Å². The number of piperidine rings is 1. The van der Waals surface area contributed by atoms with Gasteiger partial charge in [0.2, 0.25) is 5.91 Å². The van der Waals surface area contributed by atoms with E-state index in [-0.39, 0.29) is 17.5 Å². The largest absolute Gasteiger partial charge is 0.350 e. The van der Waals surface area contributed by atoms with Crippen LogP contribution in [-0.4, -0.2) is 48.1 Å². The Bertz CT molecular complexity index is 298. The number of rotatable bonds is 7. The molecule has 1 fully saturated rings. The lowest BCUT2D eigenvalue weighted by molar-refractivity contribution is -0.127. The Hall–Kier alpha value is -0.610. The lowest BCUT2D eigenvalue weighted by atomic mass is 10.0. The first-order valence-electron chi connectivity index (χ1n) is 8.19. The third-order valence-electron chi connectivity index (χ3n) is 4.55. The summed E-state index contributed by atoms with van der Waals surface area (Å²) in [5.74, 6) is 0.148. The summed E-state index contributed by atoms with van der Waals surface area (Å²) in [4.78, 5) is 14.7. The van der Waals surface area contributed by atoms with Crippen molar-refractivity contribution >= 4 is 5.91 Å². The quantitative estimate of drug-likeness (QED) is 0.752. The zero-order chi connectivity index (χ0) is 15.2. The Morgan fingerprint density at radius 3 is 2.60 bits per heavy atom. The van der Waals surface area contributed by atoms with Gasteiger partial charge in [-0.25, -0.2) is 0 Å². The highest BCUT2D eigenvalue weighted by Crippen LogP contribution is 2.12. The third kappa shape index (κ3) is 5.41. The van der Waals surface area contributed by atoms with Gasteiger partial charge in [-0.1, -0.05) is 20.3 Å². The van der Waals surface area contributed by atoms with Gasteiger partial charge in [0.1, 0.15) is 0 Å². The summed E-state index contributed by atoms with van der Waals surface area (Å²) in [7, 11) is 0. The average molecular weight is 283 g/mol. The van der Waals surface area contributed by atoms with Crippen molar-refractivity contribution in [1.29, 1.82) is 0 Å². The predicted molar refractivity (Wildman–Crippen MR) is 84.9 cm³/mol. The molecule has 0 spiro atoms. The van der Waals surface area contributed by atoms with Gasteiger partial charge in [0.25, 0.3) is 0 Å². The summed E-state index contributed by atoms with van der Waals surface area (Å²) in [6, 6.07) is 0.479. The minimum atomic E-state index is -0.117. The molecule has 20 heavy (non-hydrogen) atoms. The second kappa shape index (κ2) is 7.99. The topological polar surface area (TPSA) is 44.4 Å². The number of nitrogens with one attached hydrogen (secondary N) is 2. The fourth-order valence-electron chi connectivity index (χ4n) is 2.62. The highest BCUT2D eigenvalue weighted by atomic mass is 16.2. The van der Waals surface area contributed by atoms with Crippen LogP contribution in [0, 0.1) is 0 Å². The van der Waals surface area contributed by atoms with Crippen molar-refractivity contribution in [1.82, 2.24) is 15.5 Å². The molecule has 1 heterocycles. The minimum absolute atomic E-state index is 0.0606. The highest BCUT2D eigenvalue weighted by molar-refractivity contribution is 5.82. The predicted octanol–water partition coefficient (Wildman–Crippen LogP) is 2.14. The molecule has 0 bridgehead atoms. The maximum absolute atomic E-state index is 12.4. The van der Waals surface area contributed by atoms with Crippen LogP contribution in [0.2, 0.25) is 0 Å². The molecule has 4 nitrogen and oxygen atoms in total. The van der Waals surface area contributed by atoms with Crippen LogP contribution in [0.15, 0.2) is 0 Å². The standard InChI is InChI=1S/C16H33N3O/c1-6-16(4,5)18-15(20)13(3)19(7-2)12-14-10-8-9-11-17-14/h13-14,17H,6-12H2,1-5H3,(H,18,20). The van der Waals surface area contributed by atoms with E-state index >= 15 is 0 Å². The summed E-state index contributed by atoms with van der Waals surface area (Å²) >= 11 is 0. The van der Waals surface area contributed by atoms with Crippen molar-refractivity contribution in [2.24, 2.45) is 0 Å². The zero-order valence-electron chi connectivity index (χ0n) is 14.0. The van der Waals surface area contributed by atoms with Gasteiger partial charge >= 0.3 is 0 Å². The third-order valence-corrected chi connectivity index (χ3v) is 4.55. The van der Waals surface area contributed by atoms with Crippen molar-refractivity contribution in [2.75, 3.05) is 19.6 Å². The monoisotopic (exact) mass is 283 g/mol. The fourth-order valence-corrected chi connectivity index (χ4v) is 2.62. The Kier molecular flexibility index (Phi) is 6.96. The van der Waals surface area contributed by atoms with E-state index in [1.165, 1.54) is 19.3 Å². The number of hydrogen-bond donors (Lipinski definition) is 2. The Morgan fingerprint density at radius 2 is 2.10 bits per heavy atom. The molecule has 0 aromatic rings. The highest BCUT2D eigenvalue weighted by Gasteiger charge is 2.27. The number of carbonyl (C=O) groups is 1. The van der Waals surface area contributed by atoms with Crippen molar-refractivity contribution in [2.45, 2.75) is 77.9 Å². The molecule has 2 atom stereocenters. The van der Waals surface area contributed by atoms with Gasteiger partial charge in [0.05, 0.1) is 6.04 Å². The lowest BCUT2D eigenvalue weighted by Gasteiger charge is -2.35. The van der Waals surface area contributed by atoms with Crippen molar-refractivity contribution in [3.05, 3.63) is 0 Å². The lowest BCUT2D eigenvalue weighted by Crippen LogP contribution is -2.54. The first-order valence-corrected chi connectivity index (χ1v) is 8.19. The molecule has 4 heteroatoms. The Labute approximate surface area is 124 Å². The Balaban J connectivity index is 2.52. The van der Waals surface area contributed by atoms with E-state index < -0.39 is 0 Å². The van der Waals surface area contributed by atoms with E-state index in [9.17, 15) is 4.79 Å². The molecule has 1 saturated heterocycles. The van der Waals surface area contributed by atoms with E-state index in [0.717, 1.165) is 26.1 Å². The summed E-state index contributed by atoms with van der Waals surface area (Å²) in [5.41, 5.74) is -0.117. The van der Waals surface area contributed by atoms with Crippen molar-refractivity contribution in [3.8, 4) is 0 Å². The molecule has 0 aliphatic carbocycles. The summed E-state index contributed by atoms with van der Waals surface area (Å²) in [5, 5.41) is 6.72. The molecule has 2 unspecified atom stereocenters. The van der Waals surface area contributed by atoms with E-state index in [2.05, 4.69) is 43.2 Å². The van der Waals surface area contributed by atoms with E-state index in [1.54, 1.807) is 0 Å². The van der Waals surface area contributed by atoms with Crippen LogP contribution >= 0.6 is 0 Å². The van der Waals surface area contributed by atoms with Crippen LogP contribution in [0.3, 0.4) is 0 Å². The van der Waals surface area contributed by atoms with Gasteiger partial charge in [-0.15, -0.1) is 0 Å². The fraction of sp³-hybridized carbons (Fsp3) is 0.938. The molecule has 0 aromatic heterocycles. The summed E-state index contributed by atoms with van der Waals surface area (Å²) in [6.07, 6.45) is 4.76. The number of hydrogen-bond acceptors (Lipinski definition) is 3. The molecule has 0 saturated carbocycles. The first kappa shape index (κ1) is 17.4. The van der Waals surface area contributed by atoms with Gasteiger partial charge in [0, 0.05) is 18.1 Å². The van der Waals surface area contributed by atoms with Gasteiger partial charge in [-0.3, -0.25) is 9.69 Å². The second-order valence-corrected chi connectivity index (χ2v) is 6.64. The molecule has 0 aromatic carbocycles. The summed E-state index contributed by atoms with van der Waals surface area (Å²) in [6.45, 7) is 13.4. The maximum Gasteiger partial charge on any atom is 0.237 e. The number of likely N-dealkylation sites (N-methyl/N-ethyl adjacent to an activating group) is 1. The molecular weight excluding hydrogens is 250 g/mol. The molecule has 118 valence electrons. The van der Waals surface area contributed by atoms with Crippen LogP contribution in [0.5, 0.6) is 0 Å². The van der Waals surface area contributed by atoms with Crippen molar-refractivity contribution in [3.63, 3.8) is 0 Å². The number of amides is 1. The molecule has 2 N–H and O–H groups in total.